The Bertz CT molecular complexity index is 516. The molecule has 1 aromatic carbocycles. The van der Waals surface area contributed by atoms with Crippen LogP contribution in [-0.4, -0.2) is 9.97 Å². The fourth-order valence-electron chi connectivity index (χ4n) is 1.26. The third-order valence-corrected chi connectivity index (χ3v) is 2.36. The van der Waals surface area contributed by atoms with E-state index in [1.54, 1.807) is 19.1 Å². The van der Waals surface area contributed by atoms with E-state index in [2.05, 4.69) is 15.3 Å². The molecule has 5 heteroatoms. The third kappa shape index (κ3) is 2.28. The second kappa shape index (κ2) is 4.45. The number of aromatic nitrogens is 2. The van der Waals surface area contributed by atoms with Gasteiger partial charge in [-0.3, -0.25) is 0 Å². The molecule has 0 radical (unpaired) electrons. The summed E-state index contributed by atoms with van der Waals surface area (Å²) in [6, 6.07) is 4.71. The van der Waals surface area contributed by atoms with Crippen molar-refractivity contribution in [3.8, 4) is 0 Å². The van der Waals surface area contributed by atoms with Crippen molar-refractivity contribution >= 4 is 23.1 Å². The maximum absolute atomic E-state index is 13.0. The van der Waals surface area contributed by atoms with Gasteiger partial charge in [-0.15, -0.1) is 0 Å². The van der Waals surface area contributed by atoms with E-state index < -0.39 is 0 Å². The Labute approximate surface area is 97.3 Å². The first-order valence-electron chi connectivity index (χ1n) is 4.65. The predicted octanol–water partition coefficient (Wildman–Crippen LogP) is 3.32. The van der Waals surface area contributed by atoms with Gasteiger partial charge in [-0.1, -0.05) is 11.6 Å². The molecule has 0 spiro atoms. The molecule has 0 fully saturated rings. The van der Waals surface area contributed by atoms with Crippen molar-refractivity contribution in [3.05, 3.63) is 47.1 Å². The molecule has 16 heavy (non-hydrogen) atoms. The first-order chi connectivity index (χ1) is 7.66. The first-order valence-corrected chi connectivity index (χ1v) is 5.03. The molecule has 2 aromatic rings. The van der Waals surface area contributed by atoms with Crippen molar-refractivity contribution in [2.24, 2.45) is 0 Å². The number of nitrogens with one attached hydrogen (secondary N) is 1. The van der Waals surface area contributed by atoms with Gasteiger partial charge in [-0.05, 0) is 30.7 Å². The zero-order chi connectivity index (χ0) is 11.5. The molecule has 0 aliphatic rings. The van der Waals surface area contributed by atoms with Crippen LogP contribution >= 0.6 is 11.6 Å². The standard InChI is InChI=1S/C11H9ClFN3/c1-7-4-8(2-3-10(7)13)16-11-9(12)5-14-6-15-11/h2-6H,1H3,(H,14,15,16). The Morgan fingerprint density at radius 1 is 1.38 bits per heavy atom. The van der Waals surface area contributed by atoms with Gasteiger partial charge in [0.1, 0.15) is 17.2 Å². The molecular formula is C11H9ClFN3. The molecule has 1 heterocycles. The summed E-state index contributed by atoms with van der Waals surface area (Å²) in [4.78, 5) is 7.75. The van der Waals surface area contributed by atoms with Crippen LogP contribution < -0.4 is 5.32 Å². The highest BCUT2D eigenvalue weighted by Crippen LogP contribution is 2.22. The second-order valence-electron chi connectivity index (χ2n) is 3.31. The van der Waals surface area contributed by atoms with E-state index >= 15 is 0 Å². The number of nitrogens with zero attached hydrogens (tertiary/aromatic N) is 2. The minimum absolute atomic E-state index is 0.237. The average molecular weight is 238 g/mol. The molecule has 0 amide bonds. The van der Waals surface area contributed by atoms with Gasteiger partial charge in [0.25, 0.3) is 0 Å². The Morgan fingerprint density at radius 3 is 2.88 bits per heavy atom. The van der Waals surface area contributed by atoms with Gasteiger partial charge in [-0.25, -0.2) is 14.4 Å². The molecular weight excluding hydrogens is 229 g/mol. The van der Waals surface area contributed by atoms with Crippen LogP contribution in [0.3, 0.4) is 0 Å². The summed E-state index contributed by atoms with van der Waals surface area (Å²) in [6.45, 7) is 1.70. The van der Waals surface area contributed by atoms with Gasteiger partial charge < -0.3 is 5.32 Å². The summed E-state index contributed by atoms with van der Waals surface area (Å²) < 4.78 is 13.0. The Hall–Kier alpha value is -1.68. The van der Waals surface area contributed by atoms with Gasteiger partial charge in [-0.2, -0.15) is 0 Å². The first kappa shape index (κ1) is 10.8. The number of rotatable bonds is 2. The maximum atomic E-state index is 13.0. The quantitative estimate of drug-likeness (QED) is 0.871. The van der Waals surface area contributed by atoms with Gasteiger partial charge in [0.15, 0.2) is 5.82 Å². The SMILES string of the molecule is Cc1cc(Nc2ncncc2Cl)ccc1F. The lowest BCUT2D eigenvalue weighted by Crippen LogP contribution is -1.96. The highest BCUT2D eigenvalue weighted by atomic mass is 35.5. The summed E-state index contributed by atoms with van der Waals surface area (Å²) in [5, 5.41) is 3.41. The number of benzene rings is 1. The number of halogens is 2. The second-order valence-corrected chi connectivity index (χ2v) is 3.72. The number of anilines is 2. The molecule has 0 saturated carbocycles. The molecule has 1 aromatic heterocycles. The minimum Gasteiger partial charge on any atom is -0.339 e. The molecule has 3 nitrogen and oxygen atoms in total. The summed E-state index contributed by atoms with van der Waals surface area (Å²) in [7, 11) is 0. The molecule has 0 saturated heterocycles. The van der Waals surface area contributed by atoms with Gasteiger partial charge in [0.2, 0.25) is 0 Å². The van der Waals surface area contributed by atoms with Crippen molar-refractivity contribution in [2.45, 2.75) is 6.92 Å². The van der Waals surface area contributed by atoms with E-state index in [4.69, 9.17) is 11.6 Å². The average Bonchev–Trinajstić information content (AvgIpc) is 2.27. The molecule has 0 unspecified atom stereocenters. The van der Waals surface area contributed by atoms with Crippen LogP contribution in [0.2, 0.25) is 5.02 Å². The molecule has 1 N–H and O–H groups in total. The Balaban J connectivity index is 2.28. The summed E-state index contributed by atoms with van der Waals surface area (Å²) in [5.41, 5.74) is 1.30. The monoisotopic (exact) mass is 237 g/mol. The molecule has 0 aliphatic carbocycles. The Kier molecular flexibility index (Phi) is 3.01. The van der Waals surface area contributed by atoms with E-state index in [9.17, 15) is 4.39 Å². The summed E-state index contributed by atoms with van der Waals surface area (Å²) >= 11 is 5.88. The van der Waals surface area contributed by atoms with Crippen molar-refractivity contribution in [3.63, 3.8) is 0 Å². The molecule has 0 atom stereocenters. The fraction of sp³-hybridized carbons (Fsp3) is 0.0909. The zero-order valence-electron chi connectivity index (χ0n) is 8.54. The molecule has 82 valence electrons. The van der Waals surface area contributed by atoms with Crippen molar-refractivity contribution in [1.82, 2.24) is 9.97 Å². The van der Waals surface area contributed by atoms with Crippen LogP contribution in [0.1, 0.15) is 5.56 Å². The highest BCUT2D eigenvalue weighted by molar-refractivity contribution is 6.32. The lowest BCUT2D eigenvalue weighted by atomic mass is 10.2. The van der Waals surface area contributed by atoms with Crippen LogP contribution in [0.5, 0.6) is 0 Å². The largest absolute Gasteiger partial charge is 0.339 e. The van der Waals surface area contributed by atoms with E-state index in [-0.39, 0.29) is 5.82 Å². The highest BCUT2D eigenvalue weighted by Gasteiger charge is 2.03. The third-order valence-electron chi connectivity index (χ3n) is 2.09. The lowest BCUT2D eigenvalue weighted by Gasteiger charge is -2.07. The van der Waals surface area contributed by atoms with E-state index in [1.165, 1.54) is 18.6 Å². The lowest BCUT2D eigenvalue weighted by molar-refractivity contribution is 0.619. The molecule has 2 rings (SSSR count). The van der Waals surface area contributed by atoms with E-state index in [1.807, 2.05) is 0 Å². The van der Waals surface area contributed by atoms with Crippen molar-refractivity contribution in [1.29, 1.82) is 0 Å². The molecule has 0 bridgehead atoms. The summed E-state index contributed by atoms with van der Waals surface area (Å²) in [5.74, 6) is 0.266. The fourth-order valence-corrected chi connectivity index (χ4v) is 1.42. The van der Waals surface area contributed by atoms with E-state index in [0.29, 0.717) is 16.4 Å². The summed E-state index contributed by atoms with van der Waals surface area (Å²) in [6.07, 6.45) is 2.89. The zero-order valence-corrected chi connectivity index (χ0v) is 9.29. The van der Waals surface area contributed by atoms with Gasteiger partial charge >= 0.3 is 0 Å². The smallest absolute Gasteiger partial charge is 0.152 e. The van der Waals surface area contributed by atoms with E-state index in [0.717, 1.165) is 5.69 Å². The van der Waals surface area contributed by atoms with Crippen LogP contribution in [-0.2, 0) is 0 Å². The number of aryl methyl sites for hydroxylation is 1. The van der Waals surface area contributed by atoms with Crippen LogP contribution in [0.15, 0.2) is 30.7 Å². The number of hydrogen-bond acceptors (Lipinski definition) is 3. The maximum Gasteiger partial charge on any atom is 0.152 e. The van der Waals surface area contributed by atoms with Gasteiger partial charge in [0.05, 0.1) is 6.20 Å². The minimum atomic E-state index is -0.237. The Morgan fingerprint density at radius 2 is 2.19 bits per heavy atom. The van der Waals surface area contributed by atoms with Crippen molar-refractivity contribution in [2.75, 3.05) is 5.32 Å². The van der Waals surface area contributed by atoms with Crippen molar-refractivity contribution < 1.29 is 4.39 Å². The van der Waals surface area contributed by atoms with Crippen LogP contribution in [0.25, 0.3) is 0 Å². The predicted molar refractivity (Wildman–Crippen MR) is 61.5 cm³/mol. The normalized spacial score (nSPS) is 10.2. The van der Waals surface area contributed by atoms with Gasteiger partial charge in [0, 0.05) is 5.69 Å². The molecule has 0 aliphatic heterocycles. The topological polar surface area (TPSA) is 37.8 Å². The van der Waals surface area contributed by atoms with Crippen LogP contribution in [0.4, 0.5) is 15.9 Å². The number of hydrogen-bond donors (Lipinski definition) is 1. The van der Waals surface area contributed by atoms with Crippen LogP contribution in [0, 0.1) is 12.7 Å².